The molecule has 0 atom stereocenters. The third-order valence-electron chi connectivity index (χ3n) is 5.77. The zero-order chi connectivity index (χ0) is 21.5. The highest BCUT2D eigenvalue weighted by molar-refractivity contribution is 7.15. The molecule has 0 spiro atoms. The van der Waals surface area contributed by atoms with E-state index in [9.17, 15) is 0 Å². The number of fused-ring (bicyclic) bond motifs is 2. The minimum absolute atomic E-state index is 0.489. The fourth-order valence-electron chi connectivity index (χ4n) is 4.11. The monoisotopic (exact) mass is 458 g/mol. The van der Waals surface area contributed by atoms with Crippen LogP contribution in [0.15, 0.2) is 60.0 Å². The lowest BCUT2D eigenvalue weighted by atomic mass is 9.90. The van der Waals surface area contributed by atoms with Crippen molar-refractivity contribution >= 4 is 39.7 Å². The Morgan fingerprint density at radius 2 is 1.69 bits per heavy atom. The number of aromatic nitrogens is 5. The van der Waals surface area contributed by atoms with Gasteiger partial charge in [-0.15, -0.1) is 26.6 Å². The van der Waals surface area contributed by atoms with Gasteiger partial charge in [0.1, 0.15) is 0 Å². The number of benzene rings is 2. The Balaban J connectivity index is 1.23. The third-order valence-corrected chi connectivity index (χ3v) is 6.84. The van der Waals surface area contributed by atoms with Crippen molar-refractivity contribution in [1.29, 1.82) is 0 Å². The van der Waals surface area contributed by atoms with Crippen LogP contribution in [0.5, 0.6) is 0 Å². The molecule has 0 unspecified atom stereocenters. The van der Waals surface area contributed by atoms with Crippen molar-refractivity contribution < 1.29 is 0 Å². The molecule has 1 N–H and O–H groups in total. The van der Waals surface area contributed by atoms with Gasteiger partial charge in [0.05, 0.1) is 11.4 Å². The predicted molar refractivity (Wildman–Crippen MR) is 129 cm³/mol. The number of nitrogens with one attached hydrogen (secondary N) is 1. The summed E-state index contributed by atoms with van der Waals surface area (Å²) in [7, 11) is 0. The van der Waals surface area contributed by atoms with Gasteiger partial charge in [-0.25, -0.2) is 4.52 Å². The van der Waals surface area contributed by atoms with E-state index in [2.05, 4.69) is 43.8 Å². The van der Waals surface area contributed by atoms with Gasteiger partial charge in [-0.3, -0.25) is 0 Å². The molecule has 3 aromatic heterocycles. The Hall–Kier alpha value is -3.29. The summed E-state index contributed by atoms with van der Waals surface area (Å²) in [4.78, 5) is 5.37. The molecule has 6 nitrogen and oxygen atoms in total. The average Bonchev–Trinajstić information content (AvgIpc) is 3.40. The lowest BCUT2D eigenvalue weighted by Gasteiger charge is -2.16. The van der Waals surface area contributed by atoms with Crippen molar-refractivity contribution in [3.8, 4) is 22.5 Å². The standard InChI is InChI=1S/C24H19ClN6S/c25-19-9-7-16(8-10-19)21-14-32-24-27-23(30-31(21)24)26-22-12-11-20(28-29-22)18-6-5-15-3-1-2-4-17(15)13-18/h5-14H,1-4H2,(H,26,29,30). The second-order valence-corrected chi connectivity index (χ2v) is 9.15. The van der Waals surface area contributed by atoms with Crippen molar-refractivity contribution in [2.24, 2.45) is 0 Å². The summed E-state index contributed by atoms with van der Waals surface area (Å²) in [5, 5.41) is 19.3. The Labute approximate surface area is 193 Å². The van der Waals surface area contributed by atoms with Crippen LogP contribution in [0.4, 0.5) is 11.8 Å². The molecule has 6 rings (SSSR count). The number of thiazole rings is 1. The number of anilines is 2. The lowest BCUT2D eigenvalue weighted by molar-refractivity contribution is 0.686. The van der Waals surface area contributed by atoms with Crippen LogP contribution in [0.3, 0.4) is 0 Å². The van der Waals surface area contributed by atoms with Gasteiger partial charge in [-0.05, 0) is 67.1 Å². The molecule has 0 fully saturated rings. The number of hydrogen-bond acceptors (Lipinski definition) is 6. The minimum Gasteiger partial charge on any atom is -0.306 e. The van der Waals surface area contributed by atoms with Gasteiger partial charge < -0.3 is 5.32 Å². The van der Waals surface area contributed by atoms with Gasteiger partial charge in [0.15, 0.2) is 5.82 Å². The van der Waals surface area contributed by atoms with Gasteiger partial charge >= 0.3 is 0 Å². The first-order valence-electron chi connectivity index (χ1n) is 10.6. The quantitative estimate of drug-likeness (QED) is 0.347. The van der Waals surface area contributed by atoms with Gasteiger partial charge in [0.25, 0.3) is 0 Å². The third kappa shape index (κ3) is 3.63. The minimum atomic E-state index is 0.489. The molecule has 0 saturated heterocycles. The van der Waals surface area contributed by atoms with Crippen LogP contribution in [0.2, 0.25) is 5.02 Å². The molecule has 0 radical (unpaired) electrons. The molecule has 3 heterocycles. The maximum absolute atomic E-state index is 6.01. The van der Waals surface area contributed by atoms with E-state index in [0.717, 1.165) is 33.9 Å². The van der Waals surface area contributed by atoms with Crippen LogP contribution in [0.1, 0.15) is 24.0 Å². The fraction of sp³-hybridized carbons (Fsp3) is 0.167. The van der Waals surface area contributed by atoms with Crippen molar-refractivity contribution in [1.82, 2.24) is 24.8 Å². The normalized spacial score (nSPS) is 13.3. The van der Waals surface area contributed by atoms with E-state index in [1.54, 1.807) is 0 Å². The molecular formula is C24H19ClN6S. The van der Waals surface area contributed by atoms with E-state index in [1.807, 2.05) is 46.3 Å². The Bertz CT molecular complexity index is 1410. The SMILES string of the molecule is Clc1ccc(-c2csc3nc(Nc4ccc(-c5ccc6c(c5)CCCC6)nn4)nn23)cc1. The van der Waals surface area contributed by atoms with E-state index in [1.165, 1.54) is 41.7 Å². The van der Waals surface area contributed by atoms with E-state index < -0.39 is 0 Å². The van der Waals surface area contributed by atoms with Crippen molar-refractivity contribution in [2.45, 2.75) is 25.7 Å². The van der Waals surface area contributed by atoms with E-state index in [0.29, 0.717) is 16.8 Å². The zero-order valence-electron chi connectivity index (χ0n) is 17.1. The van der Waals surface area contributed by atoms with Crippen LogP contribution < -0.4 is 5.32 Å². The van der Waals surface area contributed by atoms with Crippen LogP contribution >= 0.6 is 22.9 Å². The summed E-state index contributed by atoms with van der Waals surface area (Å²) in [5.41, 5.74) is 6.89. The molecule has 8 heteroatoms. The second kappa shape index (κ2) is 8.00. The summed E-state index contributed by atoms with van der Waals surface area (Å²) in [5.74, 6) is 1.10. The maximum Gasteiger partial charge on any atom is 0.249 e. The number of hydrogen-bond donors (Lipinski definition) is 1. The summed E-state index contributed by atoms with van der Waals surface area (Å²) in [6.45, 7) is 0. The maximum atomic E-state index is 6.01. The van der Waals surface area contributed by atoms with Crippen molar-refractivity contribution in [2.75, 3.05) is 5.32 Å². The fourth-order valence-corrected chi connectivity index (χ4v) is 5.07. The highest BCUT2D eigenvalue weighted by Crippen LogP contribution is 2.29. The van der Waals surface area contributed by atoms with Crippen LogP contribution in [-0.4, -0.2) is 24.8 Å². The Kier molecular flexibility index (Phi) is 4.85. The summed E-state index contributed by atoms with van der Waals surface area (Å²) < 4.78 is 1.82. The van der Waals surface area contributed by atoms with Crippen molar-refractivity contribution in [3.63, 3.8) is 0 Å². The number of aryl methyl sites for hydroxylation is 2. The average molecular weight is 459 g/mol. The predicted octanol–water partition coefficient (Wildman–Crippen LogP) is 6.19. The topological polar surface area (TPSA) is 68.0 Å². The largest absolute Gasteiger partial charge is 0.306 e. The molecule has 158 valence electrons. The van der Waals surface area contributed by atoms with E-state index in [-0.39, 0.29) is 0 Å². The molecule has 2 aromatic carbocycles. The molecule has 0 amide bonds. The van der Waals surface area contributed by atoms with Gasteiger partial charge in [0.2, 0.25) is 10.9 Å². The molecule has 0 aliphatic heterocycles. The zero-order valence-corrected chi connectivity index (χ0v) is 18.7. The number of rotatable bonds is 4. The van der Waals surface area contributed by atoms with Crippen LogP contribution in [-0.2, 0) is 12.8 Å². The molecular weight excluding hydrogens is 440 g/mol. The van der Waals surface area contributed by atoms with Crippen LogP contribution in [0, 0.1) is 0 Å². The highest BCUT2D eigenvalue weighted by atomic mass is 35.5. The molecule has 5 aromatic rings. The van der Waals surface area contributed by atoms with E-state index >= 15 is 0 Å². The number of nitrogens with zero attached hydrogens (tertiary/aromatic N) is 5. The molecule has 32 heavy (non-hydrogen) atoms. The van der Waals surface area contributed by atoms with Crippen molar-refractivity contribution in [3.05, 3.63) is 76.1 Å². The first-order valence-corrected chi connectivity index (χ1v) is 11.8. The highest BCUT2D eigenvalue weighted by Gasteiger charge is 2.13. The lowest BCUT2D eigenvalue weighted by Crippen LogP contribution is -2.03. The Morgan fingerprint density at radius 1 is 0.875 bits per heavy atom. The molecule has 0 bridgehead atoms. The Morgan fingerprint density at radius 3 is 2.50 bits per heavy atom. The smallest absolute Gasteiger partial charge is 0.249 e. The van der Waals surface area contributed by atoms with Gasteiger partial charge in [0, 0.05) is 21.5 Å². The van der Waals surface area contributed by atoms with E-state index in [4.69, 9.17) is 11.6 Å². The molecule has 1 aliphatic rings. The van der Waals surface area contributed by atoms with Crippen LogP contribution in [0.25, 0.3) is 27.5 Å². The molecule has 0 saturated carbocycles. The first kappa shape index (κ1) is 19.4. The number of halogens is 1. The van der Waals surface area contributed by atoms with Gasteiger partial charge in [-0.1, -0.05) is 35.9 Å². The summed E-state index contributed by atoms with van der Waals surface area (Å²) >= 11 is 7.55. The summed E-state index contributed by atoms with van der Waals surface area (Å²) in [6, 6.07) is 18.2. The van der Waals surface area contributed by atoms with Gasteiger partial charge in [-0.2, -0.15) is 4.98 Å². The first-order chi connectivity index (χ1) is 15.7. The molecule has 1 aliphatic carbocycles. The second-order valence-electron chi connectivity index (χ2n) is 7.88. The summed E-state index contributed by atoms with van der Waals surface area (Å²) in [6.07, 6.45) is 4.88.